The van der Waals surface area contributed by atoms with E-state index in [-0.39, 0.29) is 5.92 Å². The van der Waals surface area contributed by atoms with E-state index in [4.69, 9.17) is 23.8 Å². The van der Waals surface area contributed by atoms with Crippen LogP contribution in [0.3, 0.4) is 0 Å². The number of allylic oxidation sites excluding steroid dienone is 4. The Bertz CT molecular complexity index is 2840. The molecule has 49 heavy (non-hydrogen) atoms. The van der Waals surface area contributed by atoms with Gasteiger partial charge in [0.05, 0.1) is 0 Å². The number of aromatic nitrogens is 3. The van der Waals surface area contributed by atoms with Crippen LogP contribution in [-0.4, -0.2) is 15.0 Å². The van der Waals surface area contributed by atoms with Crippen LogP contribution in [0.2, 0.25) is 0 Å². The summed E-state index contributed by atoms with van der Waals surface area (Å²) in [6.07, 6.45) is 7.38. The van der Waals surface area contributed by atoms with Crippen LogP contribution in [0, 0.1) is 5.92 Å². The zero-order chi connectivity index (χ0) is 32.5. The monoisotopic (exact) mass is 631 g/mol. The van der Waals surface area contributed by atoms with E-state index in [1.165, 1.54) is 0 Å². The van der Waals surface area contributed by atoms with Gasteiger partial charge in [0.1, 0.15) is 22.3 Å². The first-order valence-electron chi connectivity index (χ1n) is 16.7. The lowest BCUT2D eigenvalue weighted by Gasteiger charge is -2.18. The molecule has 6 aromatic carbocycles. The van der Waals surface area contributed by atoms with Gasteiger partial charge in [0.15, 0.2) is 17.5 Å². The van der Waals surface area contributed by atoms with Crippen molar-refractivity contribution in [2.75, 3.05) is 0 Å². The van der Waals surface area contributed by atoms with E-state index in [1.807, 2.05) is 42.5 Å². The van der Waals surface area contributed by atoms with Gasteiger partial charge in [-0.2, -0.15) is 0 Å². The minimum absolute atomic E-state index is 0.287. The van der Waals surface area contributed by atoms with Gasteiger partial charge in [-0.25, -0.2) is 15.0 Å². The highest BCUT2D eigenvalue weighted by atomic mass is 16.3. The van der Waals surface area contributed by atoms with E-state index in [1.54, 1.807) is 0 Å². The molecule has 0 fully saturated rings. The van der Waals surface area contributed by atoms with Crippen LogP contribution < -0.4 is 0 Å². The van der Waals surface area contributed by atoms with E-state index in [9.17, 15) is 0 Å². The fourth-order valence-corrected chi connectivity index (χ4v) is 7.40. The molecule has 1 aliphatic rings. The molecule has 3 heterocycles. The molecule has 232 valence electrons. The summed E-state index contributed by atoms with van der Waals surface area (Å²) in [5.74, 6) is 2.24. The maximum Gasteiger partial charge on any atom is 0.164 e. The van der Waals surface area contributed by atoms with Crippen LogP contribution in [0.25, 0.3) is 94.1 Å². The number of furan rings is 2. The highest BCUT2D eigenvalue weighted by Crippen LogP contribution is 2.41. The predicted octanol–water partition coefficient (Wildman–Crippen LogP) is 11.8. The van der Waals surface area contributed by atoms with Gasteiger partial charge in [-0.3, -0.25) is 0 Å². The van der Waals surface area contributed by atoms with Crippen molar-refractivity contribution >= 4 is 60.2 Å². The molecule has 1 atom stereocenters. The van der Waals surface area contributed by atoms with E-state index >= 15 is 0 Å². The van der Waals surface area contributed by atoms with E-state index in [2.05, 4.69) is 104 Å². The lowest BCUT2D eigenvalue weighted by Crippen LogP contribution is -2.08. The summed E-state index contributed by atoms with van der Waals surface area (Å²) < 4.78 is 12.5. The van der Waals surface area contributed by atoms with Crippen molar-refractivity contribution in [3.8, 4) is 33.9 Å². The van der Waals surface area contributed by atoms with Crippen molar-refractivity contribution in [1.29, 1.82) is 0 Å². The topological polar surface area (TPSA) is 65.0 Å². The molecular weight excluding hydrogens is 603 g/mol. The molecule has 0 N–H and O–H groups in total. The SMILES string of the molecule is CC1CC=CC=C1c1nc(-c2ccc3c(c2)oc2ccccc23)nc(-c2cccc3c(-c4cccc5oc6ccccc6c45)cccc23)n1. The lowest BCUT2D eigenvalue weighted by atomic mass is 9.92. The Hall–Kier alpha value is -6.33. The Kier molecular flexibility index (Phi) is 6.15. The molecule has 0 amide bonds. The first kappa shape index (κ1) is 27.8. The van der Waals surface area contributed by atoms with Crippen molar-refractivity contribution < 1.29 is 8.83 Å². The number of hydrogen-bond acceptors (Lipinski definition) is 5. The average molecular weight is 632 g/mol. The molecule has 9 aromatic rings. The zero-order valence-corrected chi connectivity index (χ0v) is 26.7. The number of rotatable bonds is 4. The fourth-order valence-electron chi connectivity index (χ4n) is 7.40. The maximum atomic E-state index is 6.26. The highest BCUT2D eigenvalue weighted by Gasteiger charge is 2.21. The Morgan fingerprint density at radius 3 is 1.98 bits per heavy atom. The minimum Gasteiger partial charge on any atom is -0.456 e. The van der Waals surface area contributed by atoms with Crippen molar-refractivity contribution in [2.45, 2.75) is 13.3 Å². The van der Waals surface area contributed by atoms with Crippen LogP contribution in [0.5, 0.6) is 0 Å². The van der Waals surface area contributed by atoms with Crippen molar-refractivity contribution in [1.82, 2.24) is 15.0 Å². The fraction of sp³-hybridized carbons (Fsp3) is 0.0682. The molecular formula is C44H29N3O2. The summed E-state index contributed by atoms with van der Waals surface area (Å²) in [4.78, 5) is 15.4. The smallest absolute Gasteiger partial charge is 0.164 e. The van der Waals surface area contributed by atoms with Gasteiger partial charge >= 0.3 is 0 Å². The number of nitrogens with zero attached hydrogens (tertiary/aromatic N) is 3. The number of fused-ring (bicyclic) bond motifs is 7. The molecule has 1 unspecified atom stereocenters. The molecule has 1 aliphatic carbocycles. The molecule has 5 heteroatoms. The van der Waals surface area contributed by atoms with E-state index < -0.39 is 0 Å². The molecule has 0 saturated heterocycles. The molecule has 0 radical (unpaired) electrons. The molecule has 0 aliphatic heterocycles. The standard InChI is InChI=1S/C44H29N3O2/c1-26-11-2-3-12-28(26)43-45-42(27-23-24-33-32-13-4-6-20-37(32)49-40(33)25-27)46-44(47-43)35-19-9-15-29-30(16-8-17-31(29)35)34-18-10-22-39-41(34)36-14-5-7-21-38(36)48-39/h2-10,12-26H,11H2,1H3. The lowest BCUT2D eigenvalue weighted by molar-refractivity contribution is 0.668. The van der Waals surface area contributed by atoms with Gasteiger partial charge in [0, 0.05) is 38.2 Å². The number of para-hydroxylation sites is 2. The third kappa shape index (κ3) is 4.43. The predicted molar refractivity (Wildman–Crippen MR) is 199 cm³/mol. The molecule has 10 rings (SSSR count). The molecule has 0 saturated carbocycles. The molecule has 0 spiro atoms. The highest BCUT2D eigenvalue weighted by molar-refractivity contribution is 6.16. The second-order valence-corrected chi connectivity index (χ2v) is 12.8. The summed E-state index contributed by atoms with van der Waals surface area (Å²) in [5.41, 5.74) is 8.66. The van der Waals surface area contributed by atoms with Gasteiger partial charge in [-0.15, -0.1) is 0 Å². The Balaban J connectivity index is 1.19. The van der Waals surface area contributed by atoms with Gasteiger partial charge in [-0.05, 0) is 64.6 Å². The van der Waals surface area contributed by atoms with Crippen LogP contribution in [-0.2, 0) is 0 Å². The van der Waals surface area contributed by atoms with Crippen LogP contribution in [0.15, 0.2) is 148 Å². The van der Waals surface area contributed by atoms with Crippen LogP contribution in [0.4, 0.5) is 0 Å². The van der Waals surface area contributed by atoms with Crippen LogP contribution >= 0.6 is 0 Å². The third-order valence-corrected chi connectivity index (χ3v) is 9.82. The van der Waals surface area contributed by atoms with Crippen molar-refractivity contribution in [3.05, 3.63) is 145 Å². The summed E-state index contributed by atoms with van der Waals surface area (Å²) in [6, 6.07) is 41.8. The first-order valence-corrected chi connectivity index (χ1v) is 16.7. The average Bonchev–Trinajstić information content (AvgIpc) is 3.72. The van der Waals surface area contributed by atoms with Gasteiger partial charge in [0.2, 0.25) is 0 Å². The third-order valence-electron chi connectivity index (χ3n) is 9.82. The largest absolute Gasteiger partial charge is 0.456 e. The van der Waals surface area contributed by atoms with Crippen LogP contribution in [0.1, 0.15) is 19.2 Å². The van der Waals surface area contributed by atoms with E-state index in [0.29, 0.717) is 17.5 Å². The minimum atomic E-state index is 0.287. The normalized spacial score (nSPS) is 14.8. The summed E-state index contributed by atoms with van der Waals surface area (Å²) in [7, 11) is 0. The summed E-state index contributed by atoms with van der Waals surface area (Å²) in [5, 5.41) is 6.60. The Morgan fingerprint density at radius 2 is 1.12 bits per heavy atom. The van der Waals surface area contributed by atoms with Gasteiger partial charge in [0.25, 0.3) is 0 Å². The Morgan fingerprint density at radius 1 is 0.510 bits per heavy atom. The van der Waals surface area contributed by atoms with Gasteiger partial charge in [-0.1, -0.05) is 116 Å². The van der Waals surface area contributed by atoms with Crippen molar-refractivity contribution in [2.24, 2.45) is 5.92 Å². The number of benzene rings is 6. The van der Waals surface area contributed by atoms with Gasteiger partial charge < -0.3 is 8.83 Å². The number of hydrogen-bond donors (Lipinski definition) is 0. The maximum absolute atomic E-state index is 6.26. The summed E-state index contributed by atoms with van der Waals surface area (Å²) >= 11 is 0. The molecule has 5 nitrogen and oxygen atoms in total. The van der Waals surface area contributed by atoms with Crippen molar-refractivity contribution in [3.63, 3.8) is 0 Å². The van der Waals surface area contributed by atoms with E-state index in [0.717, 1.165) is 88.9 Å². The second-order valence-electron chi connectivity index (χ2n) is 12.8. The summed E-state index contributed by atoms with van der Waals surface area (Å²) in [6.45, 7) is 2.23. The Labute approximate surface area is 281 Å². The first-order chi connectivity index (χ1) is 24.2. The second kappa shape index (κ2) is 10.9. The zero-order valence-electron chi connectivity index (χ0n) is 26.7. The molecule has 3 aromatic heterocycles. The molecule has 0 bridgehead atoms. The quantitative estimate of drug-likeness (QED) is 0.193.